The number of pyridine rings is 3. The van der Waals surface area contributed by atoms with Crippen molar-refractivity contribution in [1.29, 1.82) is 0 Å². The van der Waals surface area contributed by atoms with Crippen LogP contribution >= 0.6 is 0 Å². The van der Waals surface area contributed by atoms with E-state index in [-0.39, 0.29) is 11.6 Å². The number of hydrogen-bond acceptors (Lipinski definition) is 8. The van der Waals surface area contributed by atoms with E-state index in [0.717, 1.165) is 30.3 Å². The number of nitrogens with one attached hydrogen (secondary N) is 1. The Morgan fingerprint density at radius 2 is 2.00 bits per heavy atom. The fourth-order valence-corrected chi connectivity index (χ4v) is 5.12. The Balaban J connectivity index is 1.28. The molecule has 2 saturated carbocycles. The maximum absolute atomic E-state index is 13.4. The van der Waals surface area contributed by atoms with Gasteiger partial charge in [0.25, 0.3) is 5.56 Å². The molecule has 0 aliphatic heterocycles. The summed E-state index contributed by atoms with van der Waals surface area (Å²) in [5.41, 5.74) is 3.23. The van der Waals surface area contributed by atoms with Gasteiger partial charge in [0.15, 0.2) is 22.9 Å². The Bertz CT molecular complexity index is 1750. The van der Waals surface area contributed by atoms with Crippen LogP contribution < -0.4 is 20.3 Å². The first-order valence-electron chi connectivity index (χ1n) is 12.7. The number of fused-ring (bicyclic) bond motifs is 2. The summed E-state index contributed by atoms with van der Waals surface area (Å²) >= 11 is 0. The van der Waals surface area contributed by atoms with Gasteiger partial charge in [0.2, 0.25) is 5.95 Å². The number of aliphatic hydroxyl groups excluding tert-OH is 1. The minimum absolute atomic E-state index is 0.178. The molecule has 2 atom stereocenters. The third-order valence-electron chi connectivity index (χ3n) is 7.55. The number of imidazole rings is 1. The van der Waals surface area contributed by atoms with Crippen LogP contribution in [0.1, 0.15) is 43.2 Å². The van der Waals surface area contributed by atoms with Crippen molar-refractivity contribution in [2.75, 3.05) is 12.4 Å². The van der Waals surface area contributed by atoms with Crippen LogP contribution in [0, 0.1) is 0 Å². The molecule has 11 heteroatoms. The molecule has 2 fully saturated rings. The summed E-state index contributed by atoms with van der Waals surface area (Å²) in [5.74, 6) is 2.35. The van der Waals surface area contributed by atoms with Crippen LogP contribution in [0.5, 0.6) is 17.2 Å². The average molecular weight is 514 g/mol. The zero-order valence-corrected chi connectivity index (χ0v) is 21.0. The van der Waals surface area contributed by atoms with E-state index in [1.165, 1.54) is 0 Å². The van der Waals surface area contributed by atoms with Gasteiger partial charge in [-0.2, -0.15) is 10.1 Å². The van der Waals surface area contributed by atoms with Gasteiger partial charge in [0, 0.05) is 19.4 Å². The second-order valence-corrected chi connectivity index (χ2v) is 9.97. The standard InChI is InChI=1S/C27H27N7O4/c1-32-23-24(37-2)22(38-21-13-29-34-10-4-3-5-19(21)34)12-28-25(23)31-27(32)30-17-11-16(15-6-7-15)14-33(26(17)36)18-8-9-20(18)35/h3-5,10-15,18,20,35H,6-9H2,1-2H3,(H,28,30,31)/t18-,20+/m1/s1. The normalized spacial score (nSPS) is 19.0. The van der Waals surface area contributed by atoms with Crippen LogP contribution in [0.4, 0.5) is 11.6 Å². The summed E-state index contributed by atoms with van der Waals surface area (Å²) in [6.45, 7) is 0. The molecule has 2 aliphatic carbocycles. The number of hydrogen-bond donors (Lipinski definition) is 2. The van der Waals surface area contributed by atoms with E-state index in [0.29, 0.717) is 52.4 Å². The second-order valence-electron chi connectivity index (χ2n) is 9.97. The molecule has 0 unspecified atom stereocenters. The van der Waals surface area contributed by atoms with Gasteiger partial charge in [-0.25, -0.2) is 9.50 Å². The van der Waals surface area contributed by atoms with Gasteiger partial charge >= 0.3 is 0 Å². The van der Waals surface area contributed by atoms with Crippen molar-refractivity contribution in [1.82, 2.24) is 28.7 Å². The van der Waals surface area contributed by atoms with Crippen LogP contribution in [0.15, 0.2) is 53.8 Å². The SMILES string of the molecule is COc1c(Oc2cnn3ccccc23)cnc2nc(Nc3cc(C4CC4)cn([C@@H]4CC[C@@H]4O)c3=O)n(C)c12. The van der Waals surface area contributed by atoms with E-state index < -0.39 is 6.10 Å². The van der Waals surface area contributed by atoms with E-state index in [1.54, 1.807) is 33.2 Å². The maximum Gasteiger partial charge on any atom is 0.274 e. The predicted octanol–water partition coefficient (Wildman–Crippen LogP) is 3.90. The van der Waals surface area contributed by atoms with Crippen LogP contribution in [0.25, 0.3) is 16.7 Å². The molecule has 2 N–H and O–H groups in total. The smallest absolute Gasteiger partial charge is 0.274 e. The summed E-state index contributed by atoms with van der Waals surface area (Å²) in [4.78, 5) is 22.6. The quantitative estimate of drug-likeness (QED) is 0.336. The molecule has 5 heterocycles. The highest BCUT2D eigenvalue weighted by Gasteiger charge is 2.33. The number of ether oxygens (including phenoxy) is 2. The molecule has 5 aromatic rings. The third-order valence-corrected chi connectivity index (χ3v) is 7.55. The highest BCUT2D eigenvalue weighted by atomic mass is 16.5. The lowest BCUT2D eigenvalue weighted by Crippen LogP contribution is -2.39. The van der Waals surface area contributed by atoms with Crippen LogP contribution in [-0.4, -0.2) is 47.0 Å². The summed E-state index contributed by atoms with van der Waals surface area (Å²) in [6, 6.07) is 7.44. The number of nitrogens with zero attached hydrogens (tertiary/aromatic N) is 6. The first-order valence-corrected chi connectivity index (χ1v) is 12.7. The van der Waals surface area contributed by atoms with Crippen molar-refractivity contribution in [3.8, 4) is 17.2 Å². The molecule has 38 heavy (non-hydrogen) atoms. The topological polar surface area (TPSA) is 121 Å². The second kappa shape index (κ2) is 8.59. The monoisotopic (exact) mass is 513 g/mol. The van der Waals surface area contributed by atoms with Crippen molar-refractivity contribution in [3.05, 3.63) is 65.0 Å². The van der Waals surface area contributed by atoms with E-state index in [4.69, 9.17) is 9.47 Å². The molecule has 5 aromatic heterocycles. The maximum atomic E-state index is 13.4. The van der Waals surface area contributed by atoms with Crippen molar-refractivity contribution < 1.29 is 14.6 Å². The minimum atomic E-state index is -0.495. The van der Waals surface area contributed by atoms with E-state index in [1.807, 2.05) is 43.7 Å². The summed E-state index contributed by atoms with van der Waals surface area (Å²) in [7, 11) is 3.40. The van der Waals surface area contributed by atoms with Gasteiger partial charge in [0.1, 0.15) is 16.7 Å². The number of aromatic nitrogens is 6. The van der Waals surface area contributed by atoms with Crippen molar-refractivity contribution in [2.24, 2.45) is 7.05 Å². The molecule has 0 bridgehead atoms. The van der Waals surface area contributed by atoms with Crippen molar-refractivity contribution in [3.63, 3.8) is 0 Å². The van der Waals surface area contributed by atoms with E-state index in [9.17, 15) is 9.90 Å². The van der Waals surface area contributed by atoms with Crippen LogP contribution in [0.2, 0.25) is 0 Å². The third kappa shape index (κ3) is 3.61. The lowest BCUT2D eigenvalue weighted by atomic mass is 9.88. The minimum Gasteiger partial charge on any atom is -0.491 e. The van der Waals surface area contributed by atoms with E-state index >= 15 is 0 Å². The summed E-state index contributed by atoms with van der Waals surface area (Å²) in [5, 5.41) is 17.8. The van der Waals surface area contributed by atoms with Gasteiger partial charge in [-0.1, -0.05) is 6.07 Å². The van der Waals surface area contributed by atoms with Gasteiger partial charge < -0.3 is 29.0 Å². The largest absolute Gasteiger partial charge is 0.491 e. The molecular weight excluding hydrogens is 486 g/mol. The fourth-order valence-electron chi connectivity index (χ4n) is 5.12. The molecule has 11 nitrogen and oxygen atoms in total. The molecule has 194 valence electrons. The van der Waals surface area contributed by atoms with Gasteiger partial charge in [-0.15, -0.1) is 0 Å². The highest BCUT2D eigenvalue weighted by Crippen LogP contribution is 2.42. The summed E-state index contributed by atoms with van der Waals surface area (Å²) < 4.78 is 17.1. The van der Waals surface area contributed by atoms with Crippen LogP contribution in [-0.2, 0) is 7.05 Å². The average Bonchev–Trinajstić information content (AvgIpc) is 3.63. The Kier molecular flexibility index (Phi) is 5.15. The zero-order chi connectivity index (χ0) is 26.0. The number of anilines is 2. The molecule has 0 radical (unpaired) electrons. The zero-order valence-electron chi connectivity index (χ0n) is 21.0. The lowest BCUT2D eigenvalue weighted by Gasteiger charge is -2.34. The first-order chi connectivity index (χ1) is 18.5. The fraction of sp³-hybridized carbons (Fsp3) is 0.333. The lowest BCUT2D eigenvalue weighted by molar-refractivity contribution is 0.0299. The van der Waals surface area contributed by atoms with Gasteiger partial charge in [-0.05, 0) is 55.4 Å². The molecule has 0 spiro atoms. The first kappa shape index (κ1) is 22.8. The molecule has 0 amide bonds. The molecule has 0 saturated heterocycles. The number of methoxy groups -OCH3 is 1. The van der Waals surface area contributed by atoms with Crippen molar-refractivity contribution >= 4 is 28.3 Å². The van der Waals surface area contributed by atoms with Crippen LogP contribution in [0.3, 0.4) is 0 Å². The molecule has 7 rings (SSSR count). The number of aryl methyl sites for hydroxylation is 1. The Morgan fingerprint density at radius 3 is 2.74 bits per heavy atom. The number of aliphatic hydroxyl groups is 1. The predicted molar refractivity (Wildman–Crippen MR) is 141 cm³/mol. The van der Waals surface area contributed by atoms with Crippen molar-refractivity contribution in [2.45, 2.75) is 43.7 Å². The molecule has 0 aromatic carbocycles. The Labute approximate surface area is 217 Å². The Hall–Kier alpha value is -4.38. The van der Waals surface area contributed by atoms with Gasteiger partial charge in [0.05, 0.1) is 31.6 Å². The van der Waals surface area contributed by atoms with Gasteiger partial charge in [-0.3, -0.25) is 4.79 Å². The highest BCUT2D eigenvalue weighted by molar-refractivity contribution is 5.85. The molecule has 2 aliphatic rings. The molecular formula is C27H27N7O4. The Morgan fingerprint density at radius 1 is 1.13 bits per heavy atom. The van der Waals surface area contributed by atoms with E-state index in [2.05, 4.69) is 20.4 Å². The summed E-state index contributed by atoms with van der Waals surface area (Å²) in [6.07, 6.45) is 10.2. The number of rotatable bonds is 7.